The van der Waals surface area contributed by atoms with Crippen LogP contribution in [0.5, 0.6) is 11.5 Å². The van der Waals surface area contributed by atoms with Crippen molar-refractivity contribution in [2.24, 2.45) is 0 Å². The summed E-state index contributed by atoms with van der Waals surface area (Å²) in [6.07, 6.45) is 1.94. The average molecular weight is 817 g/mol. The van der Waals surface area contributed by atoms with Crippen molar-refractivity contribution in [1.82, 2.24) is 9.55 Å². The first-order valence-corrected chi connectivity index (χ1v) is 22.1. The highest BCUT2D eigenvalue weighted by atomic mass is 16.5. The largest absolute Gasteiger partial charge is 0.457 e. The molecule has 0 saturated heterocycles. The van der Waals surface area contributed by atoms with Gasteiger partial charge in [0.15, 0.2) is 0 Å². The molecule has 0 spiro atoms. The molecule has 0 radical (unpaired) electrons. The van der Waals surface area contributed by atoms with Crippen molar-refractivity contribution < 1.29 is 4.74 Å². The van der Waals surface area contributed by atoms with E-state index >= 15 is 0 Å². The van der Waals surface area contributed by atoms with E-state index in [1.807, 2.05) is 6.20 Å². The number of anilines is 4. The van der Waals surface area contributed by atoms with Gasteiger partial charge in [-0.15, -0.1) is 0 Å². The van der Waals surface area contributed by atoms with Crippen LogP contribution in [0.1, 0.15) is 104 Å². The Kier molecular flexibility index (Phi) is 9.89. The van der Waals surface area contributed by atoms with Crippen molar-refractivity contribution in [2.45, 2.75) is 97.8 Å². The number of benzene rings is 6. The van der Waals surface area contributed by atoms with Crippen molar-refractivity contribution in [2.75, 3.05) is 16.5 Å². The lowest BCUT2D eigenvalue weighted by Gasteiger charge is -2.30. The fraction of sp³-hybridized carbons (Fsp3) is 0.281. The Balaban J connectivity index is 1.19. The van der Waals surface area contributed by atoms with Gasteiger partial charge in [-0.3, -0.25) is 4.57 Å². The van der Waals surface area contributed by atoms with Gasteiger partial charge in [0.2, 0.25) is 0 Å². The summed E-state index contributed by atoms with van der Waals surface area (Å²) < 4.78 is 9.56. The third-order valence-corrected chi connectivity index (χ3v) is 12.9. The number of rotatable bonds is 7. The zero-order valence-electron chi connectivity index (χ0n) is 38.3. The third kappa shape index (κ3) is 7.42. The molecule has 0 fully saturated rings. The van der Waals surface area contributed by atoms with Crippen LogP contribution in [-0.4, -0.2) is 16.2 Å². The van der Waals surface area contributed by atoms with Crippen LogP contribution >= 0.6 is 0 Å². The molecule has 5 heteroatoms. The molecular weight excluding hydrogens is 757 g/mol. The number of pyridine rings is 1. The molecule has 0 N–H and O–H groups in total. The highest BCUT2D eigenvalue weighted by molar-refractivity contribution is 6.10. The van der Waals surface area contributed by atoms with Crippen molar-refractivity contribution in [3.05, 3.63) is 180 Å². The van der Waals surface area contributed by atoms with Crippen LogP contribution in [0.4, 0.5) is 22.7 Å². The first-order chi connectivity index (χ1) is 29.4. The number of aromatic nitrogens is 2. The van der Waals surface area contributed by atoms with Gasteiger partial charge in [-0.05, 0) is 105 Å². The summed E-state index contributed by atoms with van der Waals surface area (Å²) in [5.74, 6) is 2.50. The minimum Gasteiger partial charge on any atom is -0.457 e. The highest BCUT2D eigenvalue weighted by Crippen LogP contribution is 2.48. The van der Waals surface area contributed by atoms with Gasteiger partial charge in [0.1, 0.15) is 24.0 Å². The van der Waals surface area contributed by atoms with E-state index in [1.165, 1.54) is 50.1 Å². The van der Waals surface area contributed by atoms with Gasteiger partial charge in [0, 0.05) is 51.5 Å². The predicted octanol–water partition coefficient (Wildman–Crippen LogP) is 15.4. The molecule has 6 aromatic carbocycles. The van der Waals surface area contributed by atoms with Gasteiger partial charge in [0.05, 0.1) is 22.4 Å². The van der Waals surface area contributed by atoms with Crippen LogP contribution in [0.3, 0.4) is 0 Å². The number of hydrogen-bond donors (Lipinski definition) is 0. The zero-order valence-corrected chi connectivity index (χ0v) is 38.3. The molecule has 62 heavy (non-hydrogen) atoms. The lowest BCUT2D eigenvalue weighted by molar-refractivity contribution is 0.462. The van der Waals surface area contributed by atoms with E-state index in [4.69, 9.17) is 9.72 Å². The van der Waals surface area contributed by atoms with Gasteiger partial charge in [-0.1, -0.05) is 143 Å². The van der Waals surface area contributed by atoms with Crippen molar-refractivity contribution in [3.63, 3.8) is 0 Å². The standard InChI is InChI=1S/C57H60N4O/c1-54(2,3)39-20-17-21-42(32-39)59-37-60(50-23-16-15-22-49(50)59)43-25-28-47(57(10,11)38-18-13-12-14-19-38)52(35-43)62-44-26-27-45-46-33-40(55(4,5)6)24-29-48(46)61(51(45)36-44)53-34-41(30-31-58-53)56(7,8)9/h12-36H,37H2,1-11H3. The fourth-order valence-electron chi connectivity index (χ4n) is 9.00. The van der Waals surface area contributed by atoms with Crippen LogP contribution in [-0.2, 0) is 21.7 Å². The van der Waals surface area contributed by atoms with Crippen molar-refractivity contribution in [3.8, 4) is 17.3 Å². The SMILES string of the molecule is CC(C)(C)c1cccc(N2CN(c3ccc(C(C)(C)c4ccccc4)c(Oc4ccc5c6cc(C(C)(C)C)ccc6n(-c6cc(C(C)(C)C)ccn6)c5c4)c3)c3ccccc32)c1. The third-order valence-electron chi connectivity index (χ3n) is 12.9. The van der Waals surface area contributed by atoms with Crippen molar-refractivity contribution in [1.29, 1.82) is 0 Å². The normalized spacial score (nSPS) is 13.6. The van der Waals surface area contributed by atoms with Gasteiger partial charge in [0.25, 0.3) is 0 Å². The molecule has 9 rings (SSSR count). The first kappa shape index (κ1) is 41.0. The van der Waals surface area contributed by atoms with E-state index in [0.717, 1.165) is 39.6 Å². The summed E-state index contributed by atoms with van der Waals surface area (Å²) >= 11 is 0. The summed E-state index contributed by atoms with van der Waals surface area (Å²) in [7, 11) is 0. The summed E-state index contributed by atoms with van der Waals surface area (Å²) in [5.41, 5.74) is 12.7. The van der Waals surface area contributed by atoms with Crippen LogP contribution in [0.15, 0.2) is 152 Å². The van der Waals surface area contributed by atoms with E-state index < -0.39 is 0 Å². The van der Waals surface area contributed by atoms with Crippen LogP contribution in [0, 0.1) is 0 Å². The predicted molar refractivity (Wildman–Crippen MR) is 262 cm³/mol. The van der Waals surface area contributed by atoms with Crippen LogP contribution < -0.4 is 14.5 Å². The molecule has 0 atom stereocenters. The van der Waals surface area contributed by atoms with Gasteiger partial charge >= 0.3 is 0 Å². The Morgan fingerprint density at radius 2 is 1.08 bits per heavy atom. The van der Waals surface area contributed by atoms with Crippen molar-refractivity contribution >= 4 is 44.6 Å². The van der Waals surface area contributed by atoms with Gasteiger partial charge in [-0.25, -0.2) is 4.98 Å². The maximum atomic E-state index is 7.25. The molecule has 3 heterocycles. The molecule has 0 aliphatic carbocycles. The number of fused-ring (bicyclic) bond motifs is 4. The smallest absolute Gasteiger partial charge is 0.137 e. The molecular formula is C57H60N4O. The first-order valence-electron chi connectivity index (χ1n) is 22.1. The lowest BCUT2D eigenvalue weighted by atomic mass is 9.77. The van der Waals surface area contributed by atoms with Crippen LogP contribution in [0.2, 0.25) is 0 Å². The molecule has 0 unspecified atom stereocenters. The molecule has 2 aromatic heterocycles. The van der Waals surface area contributed by atoms with Gasteiger partial charge in [-0.2, -0.15) is 0 Å². The quantitative estimate of drug-likeness (QED) is 0.160. The molecule has 5 nitrogen and oxygen atoms in total. The number of hydrogen-bond acceptors (Lipinski definition) is 4. The Hall–Kier alpha value is -6.33. The Bertz CT molecular complexity index is 2950. The summed E-state index contributed by atoms with van der Waals surface area (Å²) in [6.45, 7) is 25.7. The second-order valence-corrected chi connectivity index (χ2v) is 20.7. The number of nitrogens with zero attached hydrogens (tertiary/aromatic N) is 4. The topological polar surface area (TPSA) is 33.5 Å². The molecule has 1 aliphatic rings. The van der Waals surface area contributed by atoms with Gasteiger partial charge < -0.3 is 14.5 Å². The summed E-state index contributed by atoms with van der Waals surface area (Å²) in [4.78, 5) is 9.83. The summed E-state index contributed by atoms with van der Waals surface area (Å²) in [6, 6.07) is 53.1. The van der Waals surface area contributed by atoms with E-state index in [1.54, 1.807) is 0 Å². The molecule has 8 aromatic rings. The molecule has 1 aliphatic heterocycles. The second kappa shape index (κ2) is 14.9. The Morgan fingerprint density at radius 1 is 0.468 bits per heavy atom. The maximum Gasteiger partial charge on any atom is 0.137 e. The van der Waals surface area contributed by atoms with E-state index in [0.29, 0.717) is 6.67 Å². The van der Waals surface area contributed by atoms with E-state index in [-0.39, 0.29) is 21.7 Å². The Labute approximate surface area is 368 Å². The monoisotopic (exact) mass is 816 g/mol. The molecule has 0 saturated carbocycles. The van der Waals surface area contributed by atoms with E-state index in [9.17, 15) is 0 Å². The zero-order chi connectivity index (χ0) is 43.8. The number of para-hydroxylation sites is 2. The number of ether oxygens (including phenoxy) is 1. The summed E-state index contributed by atoms with van der Waals surface area (Å²) in [5, 5.41) is 2.38. The maximum absolute atomic E-state index is 7.25. The molecule has 0 amide bonds. The Morgan fingerprint density at radius 3 is 1.76 bits per heavy atom. The minimum atomic E-state index is -0.350. The highest BCUT2D eigenvalue weighted by Gasteiger charge is 2.32. The fourth-order valence-corrected chi connectivity index (χ4v) is 9.00. The molecule has 0 bridgehead atoms. The second-order valence-electron chi connectivity index (χ2n) is 20.7. The van der Waals surface area contributed by atoms with Crippen LogP contribution in [0.25, 0.3) is 27.6 Å². The lowest BCUT2D eigenvalue weighted by Crippen LogP contribution is -2.25. The molecule has 314 valence electrons. The minimum absolute atomic E-state index is 0.00634. The van der Waals surface area contributed by atoms with E-state index in [2.05, 4.69) is 236 Å². The average Bonchev–Trinajstić information content (AvgIpc) is 3.79.